The van der Waals surface area contributed by atoms with E-state index in [0.29, 0.717) is 5.41 Å². The minimum Gasteiger partial charge on any atom is -0.378 e. The van der Waals surface area contributed by atoms with Crippen LogP contribution in [0.25, 0.3) is 0 Å². The number of benzene rings is 1. The zero-order chi connectivity index (χ0) is 12.8. The van der Waals surface area contributed by atoms with E-state index in [1.807, 2.05) is 43.3 Å². The lowest BCUT2D eigenvalue weighted by atomic mass is 10.0. The van der Waals surface area contributed by atoms with Crippen LogP contribution in [0.5, 0.6) is 0 Å². The molecule has 0 saturated carbocycles. The Morgan fingerprint density at radius 3 is 1.62 bits per heavy atom. The highest BCUT2D eigenvalue weighted by Gasteiger charge is 1.95. The molecule has 0 bridgehead atoms. The number of rotatable bonds is 2. The number of anilines is 1. The number of carbonyl (C=O) groups excluding carboxylic acids is 1. The fraction of sp³-hybridized carbons (Fsp3) is 0.500. The van der Waals surface area contributed by atoms with Gasteiger partial charge in [-0.15, -0.1) is 0 Å². The molecule has 0 amide bonds. The van der Waals surface area contributed by atoms with Crippen LogP contribution in [0.3, 0.4) is 0 Å². The first-order valence-electron chi connectivity index (χ1n) is 5.46. The van der Waals surface area contributed by atoms with Gasteiger partial charge in [0.15, 0.2) is 0 Å². The maximum absolute atomic E-state index is 10.3. The summed E-state index contributed by atoms with van der Waals surface area (Å²) >= 11 is 0. The predicted octanol–water partition coefficient (Wildman–Crippen LogP) is 3.62. The molecule has 2 heteroatoms. The van der Waals surface area contributed by atoms with Gasteiger partial charge in [-0.3, -0.25) is 4.79 Å². The lowest BCUT2D eigenvalue weighted by molar-refractivity contribution is 0.112. The first kappa shape index (κ1) is 14.7. The topological polar surface area (TPSA) is 20.3 Å². The molecule has 0 radical (unpaired) electrons. The number of hydrogen-bond acceptors (Lipinski definition) is 2. The summed E-state index contributed by atoms with van der Waals surface area (Å²) in [5.74, 6) is 0. The van der Waals surface area contributed by atoms with Crippen LogP contribution in [0.1, 0.15) is 38.1 Å². The molecule has 0 aromatic heterocycles. The quantitative estimate of drug-likeness (QED) is 0.711. The van der Waals surface area contributed by atoms with Gasteiger partial charge < -0.3 is 4.90 Å². The number of aldehydes is 1. The molecule has 1 aromatic rings. The van der Waals surface area contributed by atoms with Crippen molar-refractivity contribution < 1.29 is 4.79 Å². The van der Waals surface area contributed by atoms with Gasteiger partial charge in [0, 0.05) is 25.3 Å². The van der Waals surface area contributed by atoms with Crippen LogP contribution in [0.2, 0.25) is 0 Å². The predicted molar refractivity (Wildman–Crippen MR) is 71.3 cm³/mol. The Hall–Kier alpha value is -1.31. The Labute approximate surface area is 99.3 Å². The van der Waals surface area contributed by atoms with E-state index >= 15 is 0 Å². The third kappa shape index (κ3) is 8.04. The van der Waals surface area contributed by atoms with Crippen LogP contribution in [-0.2, 0) is 0 Å². The van der Waals surface area contributed by atoms with E-state index in [4.69, 9.17) is 0 Å². The molecule has 0 spiro atoms. The Morgan fingerprint density at radius 1 is 1.00 bits per heavy atom. The van der Waals surface area contributed by atoms with Crippen molar-refractivity contribution >= 4 is 12.0 Å². The molecule has 0 aliphatic heterocycles. The molecule has 0 unspecified atom stereocenters. The summed E-state index contributed by atoms with van der Waals surface area (Å²) in [6, 6.07) is 7.46. The van der Waals surface area contributed by atoms with Gasteiger partial charge in [-0.05, 0) is 29.7 Å². The minimum atomic E-state index is 0.500. The fourth-order valence-corrected chi connectivity index (χ4v) is 0.851. The van der Waals surface area contributed by atoms with E-state index in [0.717, 1.165) is 17.5 Å². The van der Waals surface area contributed by atoms with Crippen molar-refractivity contribution in [2.45, 2.75) is 27.7 Å². The SMILES string of the molecule is CC(C)(C)C.CN(C)c1ccc(C=O)cc1. The third-order valence-corrected chi connectivity index (χ3v) is 1.55. The van der Waals surface area contributed by atoms with E-state index in [1.54, 1.807) is 0 Å². The normalized spacial score (nSPS) is 10.1. The second kappa shape index (κ2) is 6.31. The first-order chi connectivity index (χ1) is 7.24. The van der Waals surface area contributed by atoms with Gasteiger partial charge in [0.25, 0.3) is 0 Å². The highest BCUT2D eigenvalue weighted by atomic mass is 16.1. The lowest BCUT2D eigenvalue weighted by Gasteiger charge is -2.11. The van der Waals surface area contributed by atoms with Crippen LogP contribution in [0, 0.1) is 5.41 Å². The zero-order valence-electron chi connectivity index (χ0n) is 11.2. The summed E-state index contributed by atoms with van der Waals surface area (Å²) in [6.07, 6.45) is 0.847. The minimum absolute atomic E-state index is 0.500. The van der Waals surface area contributed by atoms with Gasteiger partial charge >= 0.3 is 0 Å². The molecule has 0 aliphatic rings. The molecular weight excluding hydrogens is 198 g/mol. The second-order valence-electron chi connectivity index (χ2n) is 5.60. The maximum atomic E-state index is 10.3. The summed E-state index contributed by atoms with van der Waals surface area (Å²) in [5, 5.41) is 0. The Kier molecular flexibility index (Phi) is 5.79. The summed E-state index contributed by atoms with van der Waals surface area (Å²) in [6.45, 7) is 8.75. The van der Waals surface area contributed by atoms with Gasteiger partial charge in [0.05, 0.1) is 0 Å². The van der Waals surface area contributed by atoms with E-state index in [9.17, 15) is 4.79 Å². The van der Waals surface area contributed by atoms with Crippen molar-refractivity contribution in [3.63, 3.8) is 0 Å². The van der Waals surface area contributed by atoms with Crippen LogP contribution >= 0.6 is 0 Å². The van der Waals surface area contributed by atoms with Crippen LogP contribution in [-0.4, -0.2) is 20.4 Å². The Morgan fingerprint density at radius 2 is 1.38 bits per heavy atom. The van der Waals surface area contributed by atoms with Crippen molar-refractivity contribution in [2.75, 3.05) is 19.0 Å². The number of nitrogens with zero attached hydrogens (tertiary/aromatic N) is 1. The van der Waals surface area contributed by atoms with Gasteiger partial charge in [-0.25, -0.2) is 0 Å². The molecule has 90 valence electrons. The smallest absolute Gasteiger partial charge is 0.150 e. The van der Waals surface area contributed by atoms with Crippen molar-refractivity contribution in [2.24, 2.45) is 5.41 Å². The highest BCUT2D eigenvalue weighted by molar-refractivity contribution is 5.75. The van der Waals surface area contributed by atoms with Crippen molar-refractivity contribution in [1.29, 1.82) is 0 Å². The molecule has 1 aromatic carbocycles. The van der Waals surface area contributed by atoms with Gasteiger partial charge in [0.2, 0.25) is 0 Å². The molecule has 0 aliphatic carbocycles. The molecule has 0 fully saturated rings. The van der Waals surface area contributed by atoms with Gasteiger partial charge in [-0.1, -0.05) is 27.7 Å². The van der Waals surface area contributed by atoms with E-state index in [2.05, 4.69) is 27.7 Å². The first-order valence-corrected chi connectivity index (χ1v) is 5.46. The standard InChI is InChI=1S/C9H11NO.C5H12/c1-10(2)9-5-3-8(7-11)4-6-9;1-5(2,3)4/h3-7H,1-2H3;1-4H3. The third-order valence-electron chi connectivity index (χ3n) is 1.55. The summed E-state index contributed by atoms with van der Waals surface area (Å²) in [7, 11) is 3.94. The van der Waals surface area contributed by atoms with E-state index in [1.165, 1.54) is 0 Å². The number of carbonyl (C=O) groups is 1. The molecule has 0 heterocycles. The summed E-state index contributed by atoms with van der Waals surface area (Å²) < 4.78 is 0. The molecular formula is C14H23NO. The average molecular weight is 221 g/mol. The maximum Gasteiger partial charge on any atom is 0.150 e. The molecule has 16 heavy (non-hydrogen) atoms. The summed E-state index contributed by atoms with van der Waals surface area (Å²) in [4.78, 5) is 12.3. The zero-order valence-corrected chi connectivity index (χ0v) is 11.2. The van der Waals surface area contributed by atoms with Gasteiger partial charge in [-0.2, -0.15) is 0 Å². The largest absolute Gasteiger partial charge is 0.378 e. The van der Waals surface area contributed by atoms with Crippen molar-refractivity contribution in [1.82, 2.24) is 0 Å². The molecule has 0 saturated heterocycles. The monoisotopic (exact) mass is 221 g/mol. The fourth-order valence-electron chi connectivity index (χ4n) is 0.851. The van der Waals surface area contributed by atoms with E-state index in [-0.39, 0.29) is 0 Å². The second-order valence-corrected chi connectivity index (χ2v) is 5.60. The van der Waals surface area contributed by atoms with Crippen LogP contribution in [0.4, 0.5) is 5.69 Å². The van der Waals surface area contributed by atoms with Crippen molar-refractivity contribution in [3.05, 3.63) is 29.8 Å². The summed E-state index contributed by atoms with van der Waals surface area (Å²) in [5.41, 5.74) is 2.33. The lowest BCUT2D eigenvalue weighted by Crippen LogP contribution is -2.08. The molecule has 0 N–H and O–H groups in total. The van der Waals surface area contributed by atoms with Crippen molar-refractivity contribution in [3.8, 4) is 0 Å². The molecule has 2 nitrogen and oxygen atoms in total. The van der Waals surface area contributed by atoms with E-state index < -0.39 is 0 Å². The van der Waals surface area contributed by atoms with Crippen LogP contribution in [0.15, 0.2) is 24.3 Å². The Bertz CT molecular complexity index is 301. The average Bonchev–Trinajstić information content (AvgIpc) is 2.15. The molecule has 1 rings (SSSR count). The highest BCUT2D eigenvalue weighted by Crippen LogP contribution is 2.10. The Balaban J connectivity index is 0.000000385. The number of hydrogen-bond donors (Lipinski definition) is 0. The van der Waals surface area contributed by atoms with Gasteiger partial charge in [0.1, 0.15) is 6.29 Å². The van der Waals surface area contributed by atoms with Crippen LogP contribution < -0.4 is 4.90 Å². The molecule has 0 atom stereocenters.